The third-order valence-corrected chi connectivity index (χ3v) is 2.68. The first-order chi connectivity index (χ1) is 5.11. The van der Waals surface area contributed by atoms with Gasteiger partial charge in [0.15, 0.2) is 0 Å². The van der Waals surface area contributed by atoms with E-state index in [2.05, 4.69) is 21.7 Å². The molecule has 11 heavy (non-hydrogen) atoms. The van der Waals surface area contributed by atoms with Gasteiger partial charge in [0.25, 0.3) is 0 Å². The summed E-state index contributed by atoms with van der Waals surface area (Å²) >= 11 is 0. The van der Waals surface area contributed by atoms with Gasteiger partial charge in [-0.05, 0) is 13.3 Å². The van der Waals surface area contributed by atoms with Crippen LogP contribution >= 0.6 is 0 Å². The summed E-state index contributed by atoms with van der Waals surface area (Å²) in [4.78, 5) is 0. The highest BCUT2D eigenvalue weighted by molar-refractivity contribution is 6.11. The number of hydrogen-bond acceptors (Lipinski definition) is 2. The average molecular weight is 156 g/mol. The van der Waals surface area contributed by atoms with Gasteiger partial charge in [0.05, 0.1) is 17.7 Å². The summed E-state index contributed by atoms with van der Waals surface area (Å²) in [5.41, 5.74) is 0.0556. The molecule has 1 saturated heterocycles. The van der Waals surface area contributed by atoms with E-state index in [0.29, 0.717) is 6.10 Å². The first-order valence-corrected chi connectivity index (χ1v) is 4.32. The maximum Gasteiger partial charge on any atom is 0.142 e. The summed E-state index contributed by atoms with van der Waals surface area (Å²) in [5.74, 6) is 0. The first-order valence-electron chi connectivity index (χ1n) is 4.32. The van der Waals surface area contributed by atoms with E-state index >= 15 is 0 Å². The molecule has 0 amide bonds. The Kier molecular flexibility index (Phi) is 2.60. The minimum Gasteiger partial charge on any atom is -0.379 e. The zero-order chi connectivity index (χ0) is 8.48. The Morgan fingerprint density at radius 2 is 2.36 bits per heavy atom. The molecule has 0 aliphatic carbocycles. The van der Waals surface area contributed by atoms with Gasteiger partial charge in [-0.15, -0.1) is 0 Å². The standard InChI is InChI=1S/C8H17BO2/c1-4-8(2)5-6(10-3)7(9)11-8/h6-7H,4-5,9H2,1-3H3/t6?,7?,8-/m0/s1. The lowest BCUT2D eigenvalue weighted by Crippen LogP contribution is -2.24. The van der Waals surface area contributed by atoms with Crippen LogP contribution < -0.4 is 0 Å². The third kappa shape index (κ3) is 1.77. The van der Waals surface area contributed by atoms with Gasteiger partial charge >= 0.3 is 0 Å². The minimum atomic E-state index is 0.0556. The van der Waals surface area contributed by atoms with Crippen LogP contribution in [0.1, 0.15) is 26.7 Å². The van der Waals surface area contributed by atoms with E-state index in [9.17, 15) is 0 Å². The predicted molar refractivity (Wildman–Crippen MR) is 47.5 cm³/mol. The molecule has 3 atom stereocenters. The second-order valence-electron chi connectivity index (χ2n) is 3.60. The van der Waals surface area contributed by atoms with Crippen molar-refractivity contribution in [2.45, 2.75) is 44.4 Å². The second-order valence-corrected chi connectivity index (χ2v) is 3.60. The molecule has 0 radical (unpaired) electrons. The van der Waals surface area contributed by atoms with Crippen LogP contribution in [0.4, 0.5) is 0 Å². The van der Waals surface area contributed by atoms with Crippen LogP contribution in [0, 0.1) is 0 Å². The van der Waals surface area contributed by atoms with E-state index in [-0.39, 0.29) is 11.6 Å². The summed E-state index contributed by atoms with van der Waals surface area (Å²) in [5, 5.41) is 0. The number of methoxy groups -OCH3 is 1. The van der Waals surface area contributed by atoms with Crippen LogP contribution in [0.5, 0.6) is 0 Å². The third-order valence-electron chi connectivity index (χ3n) is 2.68. The maximum absolute atomic E-state index is 5.78. The molecule has 1 fully saturated rings. The lowest BCUT2D eigenvalue weighted by atomic mass is 9.91. The van der Waals surface area contributed by atoms with Gasteiger partial charge in [0.2, 0.25) is 0 Å². The smallest absolute Gasteiger partial charge is 0.142 e. The molecule has 1 heterocycles. The van der Waals surface area contributed by atoms with Crippen molar-refractivity contribution < 1.29 is 9.47 Å². The molecule has 1 aliphatic heterocycles. The highest BCUT2D eigenvalue weighted by Gasteiger charge is 2.39. The Morgan fingerprint density at radius 3 is 2.64 bits per heavy atom. The van der Waals surface area contributed by atoms with Gasteiger partial charge in [0.1, 0.15) is 7.85 Å². The van der Waals surface area contributed by atoms with Crippen molar-refractivity contribution in [3.8, 4) is 0 Å². The monoisotopic (exact) mass is 156 g/mol. The van der Waals surface area contributed by atoms with Crippen molar-refractivity contribution >= 4 is 7.85 Å². The number of hydrogen-bond donors (Lipinski definition) is 0. The normalized spacial score (nSPS) is 44.6. The summed E-state index contributed by atoms with van der Waals surface area (Å²) in [7, 11) is 3.83. The van der Waals surface area contributed by atoms with E-state index in [1.54, 1.807) is 7.11 Å². The molecular formula is C8H17BO2. The summed E-state index contributed by atoms with van der Waals surface area (Å²) in [6.07, 6.45) is 2.39. The molecule has 0 saturated carbocycles. The van der Waals surface area contributed by atoms with E-state index in [4.69, 9.17) is 9.47 Å². The topological polar surface area (TPSA) is 18.5 Å². The largest absolute Gasteiger partial charge is 0.379 e. The lowest BCUT2D eigenvalue weighted by molar-refractivity contribution is -0.0106. The van der Waals surface area contributed by atoms with E-state index in [1.165, 1.54) is 0 Å². The second kappa shape index (κ2) is 3.15. The molecule has 0 bridgehead atoms. The molecule has 2 nitrogen and oxygen atoms in total. The van der Waals surface area contributed by atoms with Crippen molar-refractivity contribution in [1.29, 1.82) is 0 Å². The van der Waals surface area contributed by atoms with Crippen molar-refractivity contribution in [1.82, 2.24) is 0 Å². The minimum absolute atomic E-state index is 0.0556. The lowest BCUT2D eigenvalue weighted by Gasteiger charge is -2.21. The molecule has 3 heteroatoms. The fourth-order valence-corrected chi connectivity index (χ4v) is 1.67. The van der Waals surface area contributed by atoms with Crippen molar-refractivity contribution in [3.63, 3.8) is 0 Å². The van der Waals surface area contributed by atoms with Gasteiger partial charge in [-0.25, -0.2) is 0 Å². The molecule has 0 aromatic rings. The fraction of sp³-hybridized carbons (Fsp3) is 1.00. The van der Waals surface area contributed by atoms with Gasteiger partial charge in [-0.3, -0.25) is 0 Å². The highest BCUT2D eigenvalue weighted by atomic mass is 16.6. The van der Waals surface area contributed by atoms with Gasteiger partial charge in [-0.2, -0.15) is 0 Å². The van der Waals surface area contributed by atoms with E-state index in [0.717, 1.165) is 12.8 Å². The van der Waals surface area contributed by atoms with Crippen LogP contribution in [0.25, 0.3) is 0 Å². The van der Waals surface area contributed by atoms with Crippen LogP contribution in [0.15, 0.2) is 0 Å². The molecule has 64 valence electrons. The molecular weight excluding hydrogens is 139 g/mol. The summed E-state index contributed by atoms with van der Waals surface area (Å²) < 4.78 is 11.1. The molecule has 0 N–H and O–H groups in total. The zero-order valence-electron chi connectivity index (χ0n) is 7.89. The van der Waals surface area contributed by atoms with Crippen molar-refractivity contribution in [2.24, 2.45) is 0 Å². The van der Waals surface area contributed by atoms with Gasteiger partial charge < -0.3 is 9.47 Å². The quantitative estimate of drug-likeness (QED) is 0.543. The number of rotatable bonds is 2. The Morgan fingerprint density at radius 1 is 1.73 bits per heavy atom. The predicted octanol–water partition coefficient (Wildman–Crippen LogP) is 0.550. The van der Waals surface area contributed by atoms with Crippen LogP contribution in [-0.2, 0) is 9.47 Å². The zero-order valence-corrected chi connectivity index (χ0v) is 7.89. The highest BCUT2D eigenvalue weighted by Crippen LogP contribution is 2.32. The van der Waals surface area contributed by atoms with Crippen LogP contribution in [-0.4, -0.2) is 32.7 Å². The molecule has 1 rings (SSSR count). The van der Waals surface area contributed by atoms with Crippen LogP contribution in [0.3, 0.4) is 0 Å². The fourth-order valence-electron chi connectivity index (χ4n) is 1.67. The molecule has 1 aliphatic rings. The Hall–Kier alpha value is -0.0151. The average Bonchev–Trinajstić information content (AvgIpc) is 2.27. The van der Waals surface area contributed by atoms with Gasteiger partial charge in [-0.1, -0.05) is 6.92 Å². The first kappa shape index (κ1) is 9.08. The van der Waals surface area contributed by atoms with Crippen LogP contribution in [0.2, 0.25) is 0 Å². The maximum atomic E-state index is 5.78. The van der Waals surface area contributed by atoms with E-state index < -0.39 is 0 Å². The Balaban J connectivity index is 2.55. The molecule has 0 aromatic heterocycles. The Labute approximate surface area is 69.7 Å². The van der Waals surface area contributed by atoms with E-state index in [1.807, 2.05) is 0 Å². The summed E-state index contributed by atoms with van der Waals surface area (Å²) in [6.45, 7) is 4.31. The van der Waals surface area contributed by atoms with Crippen molar-refractivity contribution in [3.05, 3.63) is 0 Å². The Bertz CT molecular complexity index is 140. The summed E-state index contributed by atoms with van der Waals surface area (Å²) in [6, 6.07) is 0.255. The number of ether oxygens (including phenoxy) is 2. The van der Waals surface area contributed by atoms with Crippen molar-refractivity contribution in [2.75, 3.05) is 7.11 Å². The van der Waals surface area contributed by atoms with Gasteiger partial charge in [0, 0.05) is 13.5 Å². The molecule has 0 spiro atoms. The molecule has 0 aromatic carbocycles. The molecule has 2 unspecified atom stereocenters. The SMILES string of the molecule is BC1O[C@@](C)(CC)CC1OC.